The summed E-state index contributed by atoms with van der Waals surface area (Å²) in [6.07, 6.45) is 1.45. The van der Waals surface area contributed by atoms with Crippen molar-refractivity contribution >= 4 is 25.0 Å². The fourth-order valence-corrected chi connectivity index (χ4v) is 3.93. The summed E-state index contributed by atoms with van der Waals surface area (Å²) >= 11 is 0. The first kappa shape index (κ1) is 27.1. The molecule has 11 nitrogen and oxygen atoms in total. The van der Waals surface area contributed by atoms with Gasteiger partial charge in [0.05, 0.1) is 17.6 Å². The molecule has 0 saturated carbocycles. The zero-order valence-electron chi connectivity index (χ0n) is 20.4. The van der Waals surface area contributed by atoms with Gasteiger partial charge in [-0.25, -0.2) is 9.78 Å². The Labute approximate surface area is 209 Å². The summed E-state index contributed by atoms with van der Waals surface area (Å²) in [6, 6.07) is 8.04. The Morgan fingerprint density at radius 1 is 1.17 bits per heavy atom. The number of hydrogen-bond acceptors (Lipinski definition) is 10. The molecule has 3 rings (SSSR count). The van der Waals surface area contributed by atoms with Gasteiger partial charge in [0.2, 0.25) is 6.79 Å². The predicted molar refractivity (Wildman–Crippen MR) is 130 cm³/mol. The minimum Gasteiger partial charge on any atom is -0.534 e. The SMILES string of the molecule is CCC(CC)C(=O)OCOC(=O)c1cccc2c1OB(O)[C@@H](NC(=O)c1ccc(CN)c(CN)n1)C2. The van der Waals surface area contributed by atoms with E-state index in [4.69, 9.17) is 25.6 Å². The fraction of sp³-hybridized carbons (Fsp3) is 0.417. The van der Waals surface area contributed by atoms with Crippen LogP contribution in [0.3, 0.4) is 0 Å². The van der Waals surface area contributed by atoms with Gasteiger partial charge in [-0.3, -0.25) is 9.59 Å². The molecule has 0 radical (unpaired) electrons. The summed E-state index contributed by atoms with van der Waals surface area (Å²) < 4.78 is 15.7. The van der Waals surface area contributed by atoms with Crippen LogP contribution in [0.25, 0.3) is 0 Å². The van der Waals surface area contributed by atoms with Crippen molar-refractivity contribution in [3.63, 3.8) is 0 Å². The summed E-state index contributed by atoms with van der Waals surface area (Å²) in [5.41, 5.74) is 13.4. The number of nitrogens with two attached hydrogens (primary N) is 2. The number of ether oxygens (including phenoxy) is 2. The van der Waals surface area contributed by atoms with E-state index in [1.165, 1.54) is 12.1 Å². The zero-order chi connectivity index (χ0) is 26.2. The molecule has 0 aliphatic carbocycles. The van der Waals surface area contributed by atoms with Crippen LogP contribution in [-0.4, -0.2) is 47.7 Å². The van der Waals surface area contributed by atoms with E-state index in [0.717, 1.165) is 5.56 Å². The van der Waals surface area contributed by atoms with Crippen LogP contribution >= 0.6 is 0 Å². The van der Waals surface area contributed by atoms with Crippen LogP contribution in [0, 0.1) is 5.92 Å². The molecule has 192 valence electrons. The molecule has 1 atom stereocenters. The van der Waals surface area contributed by atoms with Gasteiger partial charge < -0.3 is 35.9 Å². The molecule has 0 saturated heterocycles. The summed E-state index contributed by atoms with van der Waals surface area (Å²) in [6.45, 7) is 3.60. The van der Waals surface area contributed by atoms with Gasteiger partial charge in [0.1, 0.15) is 17.0 Å². The lowest BCUT2D eigenvalue weighted by Gasteiger charge is -2.29. The quantitative estimate of drug-likeness (QED) is 0.209. The summed E-state index contributed by atoms with van der Waals surface area (Å²) in [4.78, 5) is 41.6. The lowest BCUT2D eigenvalue weighted by Crippen LogP contribution is -2.53. The minimum atomic E-state index is -1.43. The summed E-state index contributed by atoms with van der Waals surface area (Å²) in [5.74, 6) is -2.62. The van der Waals surface area contributed by atoms with Gasteiger partial charge in [-0.15, -0.1) is 0 Å². The number of benzene rings is 1. The molecule has 1 aliphatic rings. The lowest BCUT2D eigenvalue weighted by molar-refractivity contribution is -0.157. The van der Waals surface area contributed by atoms with E-state index < -0.39 is 37.7 Å². The number of rotatable bonds is 10. The number of nitrogens with one attached hydrogen (secondary N) is 1. The van der Waals surface area contributed by atoms with Crippen molar-refractivity contribution < 1.29 is 33.5 Å². The topological polar surface area (TPSA) is 176 Å². The van der Waals surface area contributed by atoms with Gasteiger partial charge in [0, 0.05) is 13.1 Å². The molecular formula is C24H31BN4O7. The minimum absolute atomic E-state index is 0.0709. The Bertz CT molecular complexity index is 1110. The molecule has 0 bridgehead atoms. The maximum atomic E-state index is 12.8. The van der Waals surface area contributed by atoms with E-state index in [-0.39, 0.29) is 42.4 Å². The first-order valence-corrected chi connectivity index (χ1v) is 11.8. The normalized spacial score (nSPS) is 14.6. The van der Waals surface area contributed by atoms with Gasteiger partial charge in [-0.1, -0.05) is 32.0 Å². The maximum absolute atomic E-state index is 12.8. The average Bonchev–Trinajstić information content (AvgIpc) is 2.88. The standard InChI is InChI=1S/C24H31BN4O7/c1-3-14(4-2)23(31)34-13-35-24(32)17-7-5-6-15-10-20(25(33)36-21(15)17)29-22(30)18-9-8-16(11-26)19(12-27)28-18/h5-9,14,20,33H,3-4,10-13,26-27H2,1-2H3,(H,29,30)/t20-/m0/s1. The third-order valence-corrected chi connectivity index (χ3v) is 6.08. The second-order valence-electron chi connectivity index (χ2n) is 8.32. The lowest BCUT2D eigenvalue weighted by atomic mass is 9.72. The highest BCUT2D eigenvalue weighted by Gasteiger charge is 2.38. The van der Waals surface area contributed by atoms with Crippen molar-refractivity contribution in [3.05, 3.63) is 58.4 Å². The van der Waals surface area contributed by atoms with Gasteiger partial charge in [-0.2, -0.15) is 0 Å². The number of hydrogen-bond donors (Lipinski definition) is 4. The molecule has 1 aromatic heterocycles. The number of nitrogens with zero attached hydrogens (tertiary/aromatic N) is 1. The van der Waals surface area contributed by atoms with Crippen molar-refractivity contribution in [3.8, 4) is 5.75 Å². The first-order valence-electron chi connectivity index (χ1n) is 11.8. The van der Waals surface area contributed by atoms with Crippen molar-refractivity contribution in [2.45, 2.75) is 52.1 Å². The second kappa shape index (κ2) is 12.5. The van der Waals surface area contributed by atoms with Crippen LogP contribution in [0.5, 0.6) is 5.75 Å². The van der Waals surface area contributed by atoms with Crippen LogP contribution in [0.2, 0.25) is 0 Å². The average molecular weight is 498 g/mol. The van der Waals surface area contributed by atoms with Gasteiger partial charge in [0.15, 0.2) is 0 Å². The second-order valence-corrected chi connectivity index (χ2v) is 8.32. The van der Waals surface area contributed by atoms with Crippen LogP contribution < -0.4 is 21.4 Å². The number of aromatic nitrogens is 1. The third-order valence-electron chi connectivity index (χ3n) is 6.08. The Balaban J connectivity index is 1.66. The molecule has 1 amide bonds. The molecule has 6 N–H and O–H groups in total. The molecule has 0 unspecified atom stereocenters. The number of amides is 1. The number of fused-ring (bicyclic) bond motifs is 1. The number of carbonyl (C=O) groups is 3. The van der Waals surface area contributed by atoms with Crippen LogP contribution in [0.15, 0.2) is 30.3 Å². The van der Waals surface area contributed by atoms with E-state index in [2.05, 4.69) is 10.3 Å². The number of carbonyl (C=O) groups excluding carboxylic acids is 3. The largest absolute Gasteiger partial charge is 0.547 e. The van der Waals surface area contributed by atoms with Crippen molar-refractivity contribution in [2.75, 3.05) is 6.79 Å². The van der Waals surface area contributed by atoms with E-state index in [1.807, 2.05) is 13.8 Å². The van der Waals surface area contributed by atoms with Gasteiger partial charge >= 0.3 is 19.1 Å². The number of esters is 2. The molecule has 1 aromatic carbocycles. The van der Waals surface area contributed by atoms with Crippen molar-refractivity contribution in [2.24, 2.45) is 17.4 Å². The van der Waals surface area contributed by atoms with Crippen LogP contribution in [0.1, 0.15) is 64.4 Å². The molecule has 2 aromatic rings. The molecule has 2 heterocycles. The van der Waals surface area contributed by atoms with Crippen LogP contribution in [-0.2, 0) is 33.8 Å². The summed E-state index contributed by atoms with van der Waals surface area (Å²) in [5, 5.41) is 13.3. The molecule has 1 aliphatic heterocycles. The van der Waals surface area contributed by atoms with E-state index in [0.29, 0.717) is 24.1 Å². The Morgan fingerprint density at radius 2 is 1.92 bits per heavy atom. The first-order chi connectivity index (χ1) is 17.3. The van der Waals surface area contributed by atoms with E-state index in [9.17, 15) is 19.4 Å². The molecule has 0 fully saturated rings. The molecular weight excluding hydrogens is 467 g/mol. The van der Waals surface area contributed by atoms with Crippen LogP contribution in [0.4, 0.5) is 0 Å². The third kappa shape index (κ3) is 6.20. The zero-order valence-corrected chi connectivity index (χ0v) is 20.4. The predicted octanol–water partition coefficient (Wildman–Crippen LogP) is 0.846. The maximum Gasteiger partial charge on any atom is 0.547 e. The highest BCUT2D eigenvalue weighted by atomic mass is 16.7. The Morgan fingerprint density at radius 3 is 2.58 bits per heavy atom. The van der Waals surface area contributed by atoms with E-state index in [1.54, 1.807) is 18.2 Å². The summed E-state index contributed by atoms with van der Waals surface area (Å²) in [7, 11) is -1.43. The molecule has 0 spiro atoms. The Hall–Kier alpha value is -3.48. The fourth-order valence-electron chi connectivity index (χ4n) is 3.93. The number of para-hydroxylation sites is 1. The van der Waals surface area contributed by atoms with Gasteiger partial charge in [-0.05, 0) is 42.5 Å². The van der Waals surface area contributed by atoms with E-state index >= 15 is 0 Å². The van der Waals surface area contributed by atoms with Gasteiger partial charge in [0.25, 0.3) is 5.91 Å². The highest BCUT2D eigenvalue weighted by molar-refractivity contribution is 6.47. The molecule has 36 heavy (non-hydrogen) atoms. The smallest absolute Gasteiger partial charge is 0.534 e. The van der Waals surface area contributed by atoms with Crippen molar-refractivity contribution in [1.82, 2.24) is 10.3 Å². The van der Waals surface area contributed by atoms with Crippen molar-refractivity contribution in [1.29, 1.82) is 0 Å². The number of pyridine rings is 1. The monoisotopic (exact) mass is 498 g/mol. The molecule has 12 heteroatoms. The highest BCUT2D eigenvalue weighted by Crippen LogP contribution is 2.30. The Kier molecular flexibility index (Phi) is 9.40.